The van der Waals surface area contributed by atoms with Crippen molar-refractivity contribution in [2.75, 3.05) is 6.61 Å². The molecule has 1 aromatic carbocycles. The van der Waals surface area contributed by atoms with Gasteiger partial charge in [-0.15, -0.1) is 0 Å². The first kappa shape index (κ1) is 17.9. The molecular weight excluding hydrogens is 330 g/mol. The van der Waals surface area contributed by atoms with Crippen molar-refractivity contribution in [3.8, 4) is 5.69 Å². The first-order valence-electron chi connectivity index (χ1n) is 8.69. The lowest BCUT2D eigenvalue weighted by Crippen LogP contribution is -2.27. The molecular formula is C20H23N3O3. The average Bonchev–Trinajstić information content (AvgIpc) is 2.95. The van der Waals surface area contributed by atoms with Crippen molar-refractivity contribution < 1.29 is 9.53 Å². The lowest BCUT2D eigenvalue weighted by atomic mass is 10.1. The van der Waals surface area contributed by atoms with Crippen molar-refractivity contribution in [3.05, 3.63) is 58.0 Å². The molecule has 0 fully saturated rings. The molecule has 136 valence electrons. The number of carbonyl (C=O) groups excluding carboxylic acids is 1. The predicted molar refractivity (Wildman–Crippen MR) is 101 cm³/mol. The first-order valence-corrected chi connectivity index (χ1v) is 8.69. The van der Waals surface area contributed by atoms with Crippen LogP contribution in [0.1, 0.15) is 25.1 Å². The topological polar surface area (TPSA) is 66.1 Å². The molecule has 0 N–H and O–H groups in total. The Labute approximate surface area is 152 Å². The summed E-state index contributed by atoms with van der Waals surface area (Å²) in [6.45, 7) is 7.92. The van der Waals surface area contributed by atoms with Crippen molar-refractivity contribution in [2.45, 2.75) is 34.2 Å². The number of ether oxygens (including phenoxy) is 1. The molecule has 2 heterocycles. The maximum atomic E-state index is 12.6. The summed E-state index contributed by atoms with van der Waals surface area (Å²) >= 11 is 0. The van der Waals surface area contributed by atoms with E-state index >= 15 is 0 Å². The largest absolute Gasteiger partial charge is 0.464 e. The summed E-state index contributed by atoms with van der Waals surface area (Å²) in [5.41, 5.74) is 2.86. The minimum absolute atomic E-state index is 0.139. The van der Waals surface area contributed by atoms with Gasteiger partial charge < -0.3 is 4.74 Å². The van der Waals surface area contributed by atoms with Crippen LogP contribution in [0.2, 0.25) is 0 Å². The molecule has 0 aliphatic heterocycles. The van der Waals surface area contributed by atoms with E-state index < -0.39 is 5.97 Å². The lowest BCUT2D eigenvalue weighted by Gasteiger charge is -2.13. The van der Waals surface area contributed by atoms with Crippen molar-refractivity contribution in [1.29, 1.82) is 0 Å². The Morgan fingerprint density at radius 3 is 2.54 bits per heavy atom. The number of benzene rings is 1. The Bertz CT molecular complexity index is 1000. The standard InChI is InChI=1S/C20H23N3O3/c1-13(2)12-26-18(25)11-22-17(24)10-14(3)19-15(4)21-23(20(19)22)16-8-6-5-7-9-16/h5-10,13H,11-12H2,1-4H3. The van der Waals surface area contributed by atoms with Crippen molar-refractivity contribution >= 4 is 17.0 Å². The molecule has 0 bridgehead atoms. The van der Waals surface area contributed by atoms with E-state index in [2.05, 4.69) is 5.10 Å². The number of para-hydroxylation sites is 1. The number of hydrogen-bond donors (Lipinski definition) is 0. The second-order valence-electron chi connectivity index (χ2n) is 6.86. The zero-order valence-corrected chi connectivity index (χ0v) is 15.5. The highest BCUT2D eigenvalue weighted by Gasteiger charge is 2.19. The second kappa shape index (κ2) is 7.15. The van der Waals surface area contributed by atoms with Crippen LogP contribution in [0.4, 0.5) is 0 Å². The molecule has 0 radical (unpaired) electrons. The van der Waals surface area contributed by atoms with E-state index in [0.29, 0.717) is 12.3 Å². The number of aromatic nitrogens is 3. The van der Waals surface area contributed by atoms with E-state index in [1.807, 2.05) is 58.0 Å². The summed E-state index contributed by atoms with van der Waals surface area (Å²) in [5, 5.41) is 5.49. The number of esters is 1. The highest BCUT2D eigenvalue weighted by Crippen LogP contribution is 2.23. The molecule has 0 aliphatic carbocycles. The van der Waals surface area contributed by atoms with Crippen LogP contribution in [0.5, 0.6) is 0 Å². The Morgan fingerprint density at radius 2 is 1.88 bits per heavy atom. The Kier molecular flexibility index (Phi) is 4.93. The normalized spacial score (nSPS) is 11.3. The number of hydrogen-bond acceptors (Lipinski definition) is 4. The molecule has 3 rings (SSSR count). The number of nitrogens with zero attached hydrogens (tertiary/aromatic N) is 3. The van der Waals surface area contributed by atoms with Crippen LogP contribution >= 0.6 is 0 Å². The number of pyridine rings is 1. The first-order chi connectivity index (χ1) is 12.4. The third-order valence-corrected chi connectivity index (χ3v) is 4.16. The zero-order valence-electron chi connectivity index (χ0n) is 15.5. The number of rotatable bonds is 5. The third kappa shape index (κ3) is 3.40. The SMILES string of the molecule is Cc1cc(=O)n(CC(=O)OCC(C)C)c2c1c(C)nn2-c1ccccc1. The van der Waals surface area contributed by atoms with Crippen LogP contribution in [0.25, 0.3) is 16.7 Å². The van der Waals surface area contributed by atoms with E-state index in [1.165, 1.54) is 4.57 Å². The Balaban J connectivity index is 2.16. The highest BCUT2D eigenvalue weighted by atomic mass is 16.5. The molecule has 0 spiro atoms. The van der Waals surface area contributed by atoms with Crippen LogP contribution < -0.4 is 5.56 Å². The van der Waals surface area contributed by atoms with E-state index in [4.69, 9.17) is 4.74 Å². The van der Waals surface area contributed by atoms with Gasteiger partial charge >= 0.3 is 5.97 Å². The van der Waals surface area contributed by atoms with E-state index in [9.17, 15) is 9.59 Å². The van der Waals surface area contributed by atoms with Crippen molar-refractivity contribution in [3.63, 3.8) is 0 Å². The third-order valence-electron chi connectivity index (χ3n) is 4.16. The molecule has 0 saturated carbocycles. The van der Waals surface area contributed by atoms with Gasteiger partial charge in [-0.1, -0.05) is 32.0 Å². The second-order valence-corrected chi connectivity index (χ2v) is 6.86. The van der Waals surface area contributed by atoms with Crippen LogP contribution in [0, 0.1) is 19.8 Å². The average molecular weight is 353 g/mol. The molecule has 0 amide bonds. The van der Waals surface area contributed by atoms with E-state index in [1.54, 1.807) is 10.7 Å². The zero-order chi connectivity index (χ0) is 18.8. The van der Waals surface area contributed by atoms with Crippen molar-refractivity contribution in [2.24, 2.45) is 5.92 Å². The fourth-order valence-corrected chi connectivity index (χ4v) is 3.00. The van der Waals surface area contributed by atoms with Crippen molar-refractivity contribution in [1.82, 2.24) is 14.3 Å². The van der Waals surface area contributed by atoms with Crippen LogP contribution in [0.15, 0.2) is 41.2 Å². The molecule has 0 saturated heterocycles. The van der Waals surface area contributed by atoms with Gasteiger partial charge in [0.05, 0.1) is 18.0 Å². The summed E-state index contributed by atoms with van der Waals surface area (Å²) in [6, 6.07) is 11.1. The van der Waals surface area contributed by atoms with Gasteiger partial charge in [-0.25, -0.2) is 4.68 Å². The van der Waals surface area contributed by atoms with Gasteiger partial charge in [0.15, 0.2) is 0 Å². The molecule has 26 heavy (non-hydrogen) atoms. The predicted octanol–water partition coefficient (Wildman–Crippen LogP) is 3.00. The van der Waals surface area contributed by atoms with E-state index in [0.717, 1.165) is 22.3 Å². The van der Waals surface area contributed by atoms with E-state index in [-0.39, 0.29) is 18.0 Å². The summed E-state index contributed by atoms with van der Waals surface area (Å²) in [7, 11) is 0. The van der Waals surface area contributed by atoms with Crippen LogP contribution in [-0.2, 0) is 16.1 Å². The maximum Gasteiger partial charge on any atom is 0.326 e. The number of fused-ring (bicyclic) bond motifs is 1. The lowest BCUT2D eigenvalue weighted by molar-refractivity contribution is -0.145. The summed E-state index contributed by atoms with van der Waals surface area (Å²) < 4.78 is 8.43. The van der Waals surface area contributed by atoms with Crippen LogP contribution in [0.3, 0.4) is 0 Å². The number of aryl methyl sites for hydroxylation is 2. The van der Waals surface area contributed by atoms with Gasteiger partial charge in [0, 0.05) is 11.5 Å². The van der Waals surface area contributed by atoms with Gasteiger partial charge in [-0.3, -0.25) is 14.2 Å². The number of carbonyl (C=O) groups is 1. The van der Waals surface area contributed by atoms with Gasteiger partial charge in [0.2, 0.25) is 0 Å². The van der Waals surface area contributed by atoms with Gasteiger partial charge in [0.1, 0.15) is 12.2 Å². The fraction of sp³-hybridized carbons (Fsp3) is 0.350. The van der Waals surface area contributed by atoms with Crippen LogP contribution in [-0.4, -0.2) is 26.9 Å². The summed E-state index contributed by atoms with van der Waals surface area (Å²) in [6.07, 6.45) is 0. The fourth-order valence-electron chi connectivity index (χ4n) is 3.00. The molecule has 0 aliphatic rings. The van der Waals surface area contributed by atoms with Gasteiger partial charge in [0.25, 0.3) is 5.56 Å². The Hall–Kier alpha value is -2.89. The summed E-state index contributed by atoms with van der Waals surface area (Å²) in [5.74, 6) is -0.185. The molecule has 6 nitrogen and oxygen atoms in total. The highest BCUT2D eigenvalue weighted by molar-refractivity contribution is 5.84. The quantitative estimate of drug-likeness (QED) is 0.662. The smallest absolute Gasteiger partial charge is 0.326 e. The van der Waals surface area contributed by atoms with Gasteiger partial charge in [-0.05, 0) is 37.5 Å². The monoisotopic (exact) mass is 353 g/mol. The molecule has 6 heteroatoms. The maximum absolute atomic E-state index is 12.6. The minimum atomic E-state index is -0.426. The Morgan fingerprint density at radius 1 is 1.19 bits per heavy atom. The van der Waals surface area contributed by atoms with Gasteiger partial charge in [-0.2, -0.15) is 5.10 Å². The summed E-state index contributed by atoms with van der Waals surface area (Å²) in [4.78, 5) is 24.9. The molecule has 2 aromatic heterocycles. The molecule has 0 atom stereocenters. The molecule has 3 aromatic rings. The minimum Gasteiger partial charge on any atom is -0.464 e. The molecule has 0 unspecified atom stereocenters.